The topological polar surface area (TPSA) is 64.9 Å². The monoisotopic (exact) mass is 381 g/mol. The van der Waals surface area contributed by atoms with E-state index >= 15 is 0 Å². The second-order valence-electron chi connectivity index (χ2n) is 5.70. The summed E-state index contributed by atoms with van der Waals surface area (Å²) in [5.41, 5.74) is 0.687. The summed E-state index contributed by atoms with van der Waals surface area (Å²) in [6.45, 7) is 0.663. The molecule has 1 unspecified atom stereocenters. The molecule has 6 nitrogen and oxygen atoms in total. The summed E-state index contributed by atoms with van der Waals surface area (Å²) < 4.78 is 48.1. The number of imidazole rings is 1. The first kappa shape index (κ1) is 17.1. The normalized spacial score (nSPS) is 17.2. The number of anilines is 2. The first-order valence-corrected chi connectivity index (χ1v) is 9.11. The molecule has 3 heterocycles. The van der Waals surface area contributed by atoms with Gasteiger partial charge in [-0.15, -0.1) is 0 Å². The van der Waals surface area contributed by atoms with Gasteiger partial charge in [-0.1, -0.05) is 11.8 Å². The van der Waals surface area contributed by atoms with Crippen LogP contribution in [0.15, 0.2) is 23.6 Å². The Balaban J connectivity index is 1.80. The summed E-state index contributed by atoms with van der Waals surface area (Å²) in [4.78, 5) is 13.0. The molecule has 0 spiro atoms. The molecule has 0 amide bonds. The maximum Gasteiger partial charge on any atom is 0.196 e. The van der Waals surface area contributed by atoms with Gasteiger partial charge in [-0.3, -0.25) is 4.57 Å². The summed E-state index contributed by atoms with van der Waals surface area (Å²) in [5.74, 6) is -3.91. The number of ether oxygens (including phenoxy) is 1. The van der Waals surface area contributed by atoms with Gasteiger partial charge in [0.2, 0.25) is 0 Å². The summed E-state index contributed by atoms with van der Waals surface area (Å²) >= 11 is 1.30. The summed E-state index contributed by atoms with van der Waals surface area (Å²) in [6, 6.07) is 1.96. The summed E-state index contributed by atoms with van der Waals surface area (Å²) in [7, 11) is 0. The molecule has 1 saturated heterocycles. The minimum absolute atomic E-state index is 0.169. The summed E-state index contributed by atoms with van der Waals surface area (Å²) in [6.07, 6.45) is 5.00. The number of fused-ring (bicyclic) bond motifs is 1. The van der Waals surface area contributed by atoms with Gasteiger partial charge >= 0.3 is 0 Å². The van der Waals surface area contributed by atoms with E-state index in [1.165, 1.54) is 11.8 Å². The highest BCUT2D eigenvalue weighted by Crippen LogP contribution is 2.31. The van der Waals surface area contributed by atoms with Crippen molar-refractivity contribution in [2.45, 2.75) is 24.2 Å². The highest BCUT2D eigenvalue weighted by molar-refractivity contribution is 7.98. The van der Waals surface area contributed by atoms with Crippen LogP contribution in [0, 0.1) is 17.5 Å². The van der Waals surface area contributed by atoms with Gasteiger partial charge in [0.25, 0.3) is 0 Å². The number of benzene rings is 1. The van der Waals surface area contributed by atoms with Gasteiger partial charge in [-0.2, -0.15) is 0 Å². The lowest BCUT2D eigenvalue weighted by Gasteiger charge is -2.13. The minimum Gasteiger partial charge on any atom is -0.358 e. The largest absolute Gasteiger partial charge is 0.358 e. The number of nitrogens with zero attached hydrogens (tertiary/aromatic N) is 4. The van der Waals surface area contributed by atoms with Crippen LogP contribution in [-0.4, -0.2) is 32.4 Å². The Hall–Kier alpha value is -2.33. The molecule has 0 radical (unpaired) electrons. The molecule has 0 bridgehead atoms. The maximum absolute atomic E-state index is 14.0. The van der Waals surface area contributed by atoms with E-state index in [2.05, 4.69) is 20.3 Å². The Bertz CT molecular complexity index is 974. The molecule has 10 heteroatoms. The van der Waals surface area contributed by atoms with Crippen molar-refractivity contribution in [1.29, 1.82) is 0 Å². The number of thioether (sulfide) groups is 1. The number of hydrogen-bond donors (Lipinski definition) is 1. The first-order valence-electron chi connectivity index (χ1n) is 7.89. The second-order valence-corrected chi connectivity index (χ2v) is 6.47. The van der Waals surface area contributed by atoms with Crippen molar-refractivity contribution in [1.82, 2.24) is 19.5 Å². The predicted octanol–water partition coefficient (Wildman–Crippen LogP) is 4.02. The van der Waals surface area contributed by atoms with Crippen molar-refractivity contribution in [3.05, 3.63) is 35.9 Å². The van der Waals surface area contributed by atoms with E-state index in [4.69, 9.17) is 4.74 Å². The van der Waals surface area contributed by atoms with Gasteiger partial charge < -0.3 is 10.1 Å². The molecule has 1 atom stereocenters. The average Bonchev–Trinajstić information content (AvgIpc) is 3.31. The molecule has 3 aromatic rings. The third-order valence-electron chi connectivity index (χ3n) is 4.09. The lowest BCUT2D eigenvalue weighted by atomic mass is 10.2. The van der Waals surface area contributed by atoms with Crippen molar-refractivity contribution in [3.63, 3.8) is 0 Å². The zero-order valence-electron chi connectivity index (χ0n) is 13.7. The quantitative estimate of drug-likeness (QED) is 0.418. The molecule has 0 aliphatic carbocycles. The molecule has 26 heavy (non-hydrogen) atoms. The van der Waals surface area contributed by atoms with Gasteiger partial charge in [-0.05, 0) is 31.2 Å². The third kappa shape index (κ3) is 2.88. The Morgan fingerprint density at radius 1 is 1.23 bits per heavy atom. The number of nitrogens with one attached hydrogen (secondary N) is 1. The molecule has 2 aromatic heterocycles. The van der Waals surface area contributed by atoms with E-state index in [1.807, 2.05) is 0 Å². The van der Waals surface area contributed by atoms with Crippen LogP contribution in [0.25, 0.3) is 11.2 Å². The third-order valence-corrected chi connectivity index (χ3v) is 4.64. The number of halogens is 3. The fraction of sp³-hybridized carbons (Fsp3) is 0.312. The van der Waals surface area contributed by atoms with Crippen molar-refractivity contribution in [2.24, 2.45) is 0 Å². The van der Waals surface area contributed by atoms with Crippen LogP contribution in [0.4, 0.5) is 24.7 Å². The summed E-state index contributed by atoms with van der Waals surface area (Å²) in [5, 5.41) is 3.13. The molecule has 1 aliphatic rings. The van der Waals surface area contributed by atoms with Crippen molar-refractivity contribution >= 4 is 34.4 Å². The van der Waals surface area contributed by atoms with Gasteiger partial charge in [-0.25, -0.2) is 28.1 Å². The van der Waals surface area contributed by atoms with Crippen LogP contribution in [0.3, 0.4) is 0 Å². The molecular formula is C16H14F3N5OS. The van der Waals surface area contributed by atoms with Gasteiger partial charge in [0.15, 0.2) is 39.6 Å². The van der Waals surface area contributed by atoms with Crippen LogP contribution in [0.2, 0.25) is 0 Å². The first-order chi connectivity index (χ1) is 12.6. The van der Waals surface area contributed by atoms with Gasteiger partial charge in [0.1, 0.15) is 6.23 Å². The van der Waals surface area contributed by atoms with E-state index in [0.717, 1.165) is 25.0 Å². The zero-order chi connectivity index (χ0) is 18.3. The van der Waals surface area contributed by atoms with Crippen molar-refractivity contribution in [3.8, 4) is 0 Å². The van der Waals surface area contributed by atoms with Crippen LogP contribution in [-0.2, 0) is 4.74 Å². The molecular weight excluding hydrogens is 367 g/mol. The maximum atomic E-state index is 14.0. The van der Waals surface area contributed by atoms with Gasteiger partial charge in [0.05, 0.1) is 12.0 Å². The van der Waals surface area contributed by atoms with Crippen LogP contribution in [0.5, 0.6) is 0 Å². The molecule has 1 aromatic carbocycles. The predicted molar refractivity (Wildman–Crippen MR) is 90.9 cm³/mol. The van der Waals surface area contributed by atoms with E-state index in [1.54, 1.807) is 17.2 Å². The van der Waals surface area contributed by atoms with Gasteiger partial charge in [0, 0.05) is 6.61 Å². The minimum atomic E-state index is -1.55. The van der Waals surface area contributed by atoms with E-state index < -0.39 is 17.5 Å². The Morgan fingerprint density at radius 3 is 2.81 bits per heavy atom. The second kappa shape index (κ2) is 6.76. The van der Waals surface area contributed by atoms with E-state index in [-0.39, 0.29) is 17.7 Å². The molecule has 4 rings (SSSR count). The Morgan fingerprint density at radius 2 is 2.08 bits per heavy atom. The van der Waals surface area contributed by atoms with E-state index in [9.17, 15) is 13.2 Å². The zero-order valence-corrected chi connectivity index (χ0v) is 14.5. The Kier molecular flexibility index (Phi) is 4.45. The Labute approximate surface area is 150 Å². The van der Waals surface area contributed by atoms with Crippen LogP contribution >= 0.6 is 11.8 Å². The lowest BCUT2D eigenvalue weighted by molar-refractivity contribution is 0.0592. The molecule has 1 fully saturated rings. The smallest absolute Gasteiger partial charge is 0.196 e. The van der Waals surface area contributed by atoms with Crippen LogP contribution in [0.1, 0.15) is 19.1 Å². The lowest BCUT2D eigenvalue weighted by Crippen LogP contribution is -2.08. The standard InChI is InChI=1S/C16H14F3N5OS/c1-26-16-22-14(21-9-5-4-8(17)11(18)12(9)19)13-15(23-16)24(7-20-13)10-3-2-6-25-10/h4-5,7,10H,2-3,6H2,1H3,(H,21,22,23). The molecule has 136 valence electrons. The molecule has 0 saturated carbocycles. The van der Waals surface area contributed by atoms with Crippen molar-refractivity contribution in [2.75, 3.05) is 18.2 Å². The molecule has 1 aliphatic heterocycles. The average molecular weight is 381 g/mol. The molecule has 1 N–H and O–H groups in total. The van der Waals surface area contributed by atoms with E-state index in [0.29, 0.717) is 22.9 Å². The number of rotatable bonds is 4. The number of hydrogen-bond acceptors (Lipinski definition) is 6. The highest BCUT2D eigenvalue weighted by atomic mass is 32.2. The number of aromatic nitrogens is 4. The van der Waals surface area contributed by atoms with Crippen LogP contribution < -0.4 is 5.32 Å². The highest BCUT2D eigenvalue weighted by Gasteiger charge is 2.23. The van der Waals surface area contributed by atoms with Crippen molar-refractivity contribution < 1.29 is 17.9 Å². The SMILES string of the molecule is CSc1nc(Nc2ccc(F)c(F)c2F)c2ncn(C3CCCO3)c2n1. The fourth-order valence-corrected chi connectivity index (χ4v) is 3.18. The fourth-order valence-electron chi connectivity index (χ4n) is 2.82.